The molecule has 4 rings (SSSR count). The largest absolute Gasteiger partial charge is 0.455 e. The summed E-state index contributed by atoms with van der Waals surface area (Å²) in [5.41, 5.74) is -0.359. The van der Waals surface area contributed by atoms with E-state index in [4.69, 9.17) is 9.47 Å². The fourth-order valence-corrected chi connectivity index (χ4v) is 6.67. The second-order valence-electron chi connectivity index (χ2n) is 10.5. The van der Waals surface area contributed by atoms with E-state index in [0.29, 0.717) is 17.8 Å². The fraction of sp³-hybridized carbons (Fsp3) is 0.955. The summed E-state index contributed by atoms with van der Waals surface area (Å²) < 4.78 is 13.5. The Morgan fingerprint density at radius 3 is 2.65 bits per heavy atom. The van der Waals surface area contributed by atoms with Crippen molar-refractivity contribution >= 4 is 5.97 Å². The van der Waals surface area contributed by atoms with E-state index in [2.05, 4.69) is 34.9 Å². The predicted molar refractivity (Wildman–Crippen MR) is 102 cm³/mol. The summed E-state index contributed by atoms with van der Waals surface area (Å²) in [4.78, 5) is 13.1. The molecule has 2 saturated heterocycles. The van der Waals surface area contributed by atoms with Gasteiger partial charge in [-0.1, -0.05) is 20.3 Å². The quantitative estimate of drug-likeness (QED) is 0.312. The van der Waals surface area contributed by atoms with Gasteiger partial charge in [-0.2, -0.15) is 0 Å². The minimum atomic E-state index is -0.324. The second-order valence-corrected chi connectivity index (χ2v) is 10.5. The number of fused-ring (bicyclic) bond motifs is 1. The number of carbonyl (C=O) groups excluding carboxylic acids is 1. The van der Waals surface area contributed by atoms with Gasteiger partial charge < -0.3 is 14.0 Å². The van der Waals surface area contributed by atoms with Crippen LogP contribution in [0.15, 0.2) is 0 Å². The third kappa shape index (κ3) is 2.74. The molecule has 148 valence electrons. The summed E-state index contributed by atoms with van der Waals surface area (Å²) in [5, 5.41) is 0. The van der Waals surface area contributed by atoms with Crippen LogP contribution in [0.2, 0.25) is 0 Å². The average Bonchev–Trinajstić information content (AvgIpc) is 3.19. The summed E-state index contributed by atoms with van der Waals surface area (Å²) in [6.45, 7) is 8.90. The molecule has 4 fully saturated rings. The molecule has 1 spiro atoms. The van der Waals surface area contributed by atoms with Gasteiger partial charge in [0, 0.05) is 11.8 Å². The number of ether oxygens (including phenoxy) is 2. The second kappa shape index (κ2) is 6.20. The standard InChI is InChI=1S/C22H38NO3/c1-6-7-8-13-23(4,5)14-16-18-10-9-15(2)17-11-12-21(3)20(26-21)22(17,18)25-19(16)24/h15-18,20H,6-14H2,1-5H3/q+1/t15-,16+,17+,18-,20-,21-,22-/m1/s1. The maximum atomic E-state index is 13.1. The molecule has 4 aliphatic rings. The number of rotatable bonds is 6. The zero-order valence-corrected chi connectivity index (χ0v) is 17.4. The number of unbranched alkanes of at least 4 members (excludes halogenated alkanes) is 2. The van der Waals surface area contributed by atoms with Gasteiger partial charge in [0.2, 0.25) is 0 Å². The summed E-state index contributed by atoms with van der Waals surface area (Å²) in [6.07, 6.45) is 8.54. The van der Waals surface area contributed by atoms with Crippen LogP contribution in [0.5, 0.6) is 0 Å². The highest BCUT2D eigenvalue weighted by molar-refractivity contribution is 5.77. The smallest absolute Gasteiger partial charge is 0.315 e. The van der Waals surface area contributed by atoms with Gasteiger partial charge in [-0.05, 0) is 51.4 Å². The van der Waals surface area contributed by atoms with Crippen molar-refractivity contribution in [2.45, 2.75) is 83.0 Å². The molecular weight excluding hydrogens is 326 g/mol. The van der Waals surface area contributed by atoms with Crippen molar-refractivity contribution in [3.8, 4) is 0 Å². The van der Waals surface area contributed by atoms with Crippen LogP contribution in [0.25, 0.3) is 0 Å². The highest BCUT2D eigenvalue weighted by Gasteiger charge is 2.77. The molecule has 0 amide bonds. The van der Waals surface area contributed by atoms with Gasteiger partial charge in [0.15, 0.2) is 0 Å². The molecule has 4 nitrogen and oxygen atoms in total. The first-order valence-electron chi connectivity index (χ1n) is 11.0. The predicted octanol–water partition coefficient (Wildman–Crippen LogP) is 3.78. The van der Waals surface area contributed by atoms with E-state index in [0.717, 1.165) is 36.8 Å². The normalized spacial score (nSPS) is 47.0. The summed E-state index contributed by atoms with van der Waals surface area (Å²) in [7, 11) is 4.57. The molecule has 2 saturated carbocycles. The first-order valence-corrected chi connectivity index (χ1v) is 11.0. The molecule has 0 radical (unpaired) electrons. The van der Waals surface area contributed by atoms with Gasteiger partial charge in [-0.25, -0.2) is 0 Å². The Hall–Kier alpha value is -0.610. The van der Waals surface area contributed by atoms with E-state index < -0.39 is 0 Å². The molecule has 0 unspecified atom stereocenters. The summed E-state index contributed by atoms with van der Waals surface area (Å²) in [6, 6.07) is 0. The summed E-state index contributed by atoms with van der Waals surface area (Å²) >= 11 is 0. The van der Waals surface area contributed by atoms with Crippen LogP contribution in [0.3, 0.4) is 0 Å². The Bertz CT molecular complexity index is 576. The van der Waals surface area contributed by atoms with Crippen molar-refractivity contribution in [1.82, 2.24) is 0 Å². The highest BCUT2D eigenvalue weighted by Crippen LogP contribution is 2.66. The fourth-order valence-electron chi connectivity index (χ4n) is 6.67. The molecule has 0 bridgehead atoms. The van der Waals surface area contributed by atoms with Gasteiger partial charge in [0.25, 0.3) is 0 Å². The maximum Gasteiger partial charge on any atom is 0.315 e. The molecule has 4 heteroatoms. The lowest BCUT2D eigenvalue weighted by atomic mass is 9.55. The average molecular weight is 365 g/mol. The van der Waals surface area contributed by atoms with Crippen LogP contribution in [0, 0.1) is 23.7 Å². The van der Waals surface area contributed by atoms with Gasteiger partial charge in [-0.3, -0.25) is 4.79 Å². The van der Waals surface area contributed by atoms with Gasteiger partial charge in [0.05, 0.1) is 32.8 Å². The first kappa shape index (κ1) is 18.7. The summed E-state index contributed by atoms with van der Waals surface area (Å²) in [5.74, 6) is 1.60. The highest BCUT2D eigenvalue weighted by atomic mass is 16.7. The van der Waals surface area contributed by atoms with Crippen LogP contribution >= 0.6 is 0 Å². The van der Waals surface area contributed by atoms with E-state index in [1.807, 2.05) is 0 Å². The van der Waals surface area contributed by atoms with Crippen LogP contribution < -0.4 is 0 Å². The Morgan fingerprint density at radius 1 is 1.15 bits per heavy atom. The Morgan fingerprint density at radius 2 is 1.92 bits per heavy atom. The Balaban J connectivity index is 1.57. The number of epoxide rings is 1. The monoisotopic (exact) mass is 364 g/mol. The molecule has 7 atom stereocenters. The van der Waals surface area contributed by atoms with Crippen LogP contribution in [0.1, 0.15) is 65.7 Å². The molecule has 0 N–H and O–H groups in total. The van der Waals surface area contributed by atoms with Crippen molar-refractivity contribution in [3.05, 3.63) is 0 Å². The number of quaternary nitrogens is 1. The topological polar surface area (TPSA) is 38.8 Å². The minimum Gasteiger partial charge on any atom is -0.455 e. The minimum absolute atomic E-state index is 0.0352. The van der Waals surface area contributed by atoms with Crippen LogP contribution in [0.4, 0.5) is 0 Å². The number of hydrogen-bond acceptors (Lipinski definition) is 3. The third-order valence-electron chi connectivity index (χ3n) is 8.15. The molecule has 0 aromatic rings. The SMILES string of the molecule is CCCCC[N+](C)(C)C[C@@H]1C(=O)O[C@@]23[C@@H]1CC[C@@H](C)[C@@H]2CC[C@@]1(C)O[C@@H]31. The number of hydrogen-bond donors (Lipinski definition) is 0. The Labute approximate surface area is 159 Å². The third-order valence-corrected chi connectivity index (χ3v) is 8.15. The molecule has 2 aliphatic carbocycles. The number of carbonyl (C=O) groups is 1. The zero-order chi connectivity index (χ0) is 18.7. The van der Waals surface area contributed by atoms with E-state index in [9.17, 15) is 4.79 Å². The Kier molecular flexibility index (Phi) is 4.47. The lowest BCUT2D eigenvalue weighted by Gasteiger charge is -2.50. The van der Waals surface area contributed by atoms with Crippen molar-refractivity contribution in [1.29, 1.82) is 0 Å². The van der Waals surface area contributed by atoms with Crippen LogP contribution in [-0.4, -0.2) is 54.9 Å². The molecule has 26 heavy (non-hydrogen) atoms. The van der Waals surface area contributed by atoms with E-state index in [1.165, 1.54) is 25.7 Å². The zero-order valence-electron chi connectivity index (χ0n) is 17.4. The van der Waals surface area contributed by atoms with Crippen molar-refractivity contribution in [3.63, 3.8) is 0 Å². The van der Waals surface area contributed by atoms with E-state index in [-0.39, 0.29) is 29.2 Å². The van der Waals surface area contributed by atoms with Crippen LogP contribution in [-0.2, 0) is 14.3 Å². The molecular formula is C22H38NO3+. The maximum absolute atomic E-state index is 13.1. The molecule has 2 heterocycles. The van der Waals surface area contributed by atoms with Crippen molar-refractivity contribution in [2.75, 3.05) is 27.2 Å². The number of nitrogens with zero attached hydrogens (tertiary/aromatic N) is 1. The molecule has 0 aromatic carbocycles. The lowest BCUT2D eigenvalue weighted by Crippen LogP contribution is -2.59. The molecule has 0 aromatic heterocycles. The van der Waals surface area contributed by atoms with E-state index in [1.54, 1.807) is 0 Å². The van der Waals surface area contributed by atoms with Gasteiger partial charge in [0.1, 0.15) is 17.6 Å². The van der Waals surface area contributed by atoms with Crippen molar-refractivity contribution < 1.29 is 18.8 Å². The lowest BCUT2D eigenvalue weighted by molar-refractivity contribution is -0.893. The molecule has 2 aliphatic heterocycles. The number of esters is 1. The van der Waals surface area contributed by atoms with Crippen molar-refractivity contribution in [2.24, 2.45) is 23.7 Å². The van der Waals surface area contributed by atoms with Gasteiger partial charge >= 0.3 is 5.97 Å². The van der Waals surface area contributed by atoms with Gasteiger partial charge in [-0.15, -0.1) is 0 Å². The van der Waals surface area contributed by atoms with E-state index >= 15 is 0 Å². The first-order chi connectivity index (χ1) is 12.2.